The third kappa shape index (κ3) is 3.43. The fraction of sp³-hybridized carbons (Fsp3) is 0.550. The lowest BCUT2D eigenvalue weighted by molar-refractivity contribution is -0.155. The summed E-state index contributed by atoms with van der Waals surface area (Å²) in [5, 5.41) is 0. The van der Waals surface area contributed by atoms with Crippen molar-refractivity contribution in [3.05, 3.63) is 36.1 Å². The average molecular weight is 376 g/mol. The van der Waals surface area contributed by atoms with Crippen LogP contribution in [0.5, 0.6) is 0 Å². The molecule has 7 heteroatoms. The van der Waals surface area contributed by atoms with E-state index in [1.54, 1.807) is 13.8 Å². The number of ether oxygens (including phenoxy) is 4. The van der Waals surface area contributed by atoms with Gasteiger partial charge >= 0.3 is 11.9 Å². The number of hydrogen-bond donors (Lipinski definition) is 0. The summed E-state index contributed by atoms with van der Waals surface area (Å²) in [7, 11) is 1.49. The third-order valence-electron chi connectivity index (χ3n) is 5.35. The fourth-order valence-corrected chi connectivity index (χ4v) is 3.90. The van der Waals surface area contributed by atoms with Gasteiger partial charge in [0.15, 0.2) is 5.60 Å². The van der Waals surface area contributed by atoms with Gasteiger partial charge in [-0.1, -0.05) is 13.2 Å². The Morgan fingerprint density at radius 1 is 1.41 bits per heavy atom. The fourth-order valence-electron chi connectivity index (χ4n) is 3.90. The van der Waals surface area contributed by atoms with Gasteiger partial charge in [0.2, 0.25) is 5.78 Å². The highest BCUT2D eigenvalue weighted by Gasteiger charge is 2.55. The maximum atomic E-state index is 12.5. The zero-order valence-corrected chi connectivity index (χ0v) is 15.8. The topological polar surface area (TPSA) is 88.1 Å². The third-order valence-corrected chi connectivity index (χ3v) is 5.35. The summed E-state index contributed by atoms with van der Waals surface area (Å²) >= 11 is 0. The summed E-state index contributed by atoms with van der Waals surface area (Å²) in [4.78, 5) is 37.2. The number of allylic oxidation sites excluding steroid dienone is 1. The van der Waals surface area contributed by atoms with Crippen molar-refractivity contribution >= 4 is 17.7 Å². The van der Waals surface area contributed by atoms with E-state index in [1.807, 2.05) is 0 Å². The lowest BCUT2D eigenvalue weighted by Crippen LogP contribution is -2.45. The molecule has 0 aromatic rings. The first-order valence-corrected chi connectivity index (χ1v) is 8.85. The van der Waals surface area contributed by atoms with Crippen LogP contribution in [0.4, 0.5) is 0 Å². The van der Waals surface area contributed by atoms with E-state index in [2.05, 4.69) is 13.2 Å². The Morgan fingerprint density at radius 2 is 2.11 bits per heavy atom. The van der Waals surface area contributed by atoms with Crippen LogP contribution in [0.3, 0.4) is 0 Å². The molecule has 3 aliphatic heterocycles. The lowest BCUT2D eigenvalue weighted by atomic mass is 9.78. The second kappa shape index (κ2) is 6.96. The van der Waals surface area contributed by atoms with Gasteiger partial charge in [-0.15, -0.1) is 0 Å². The van der Waals surface area contributed by atoms with Crippen molar-refractivity contribution in [2.24, 2.45) is 11.8 Å². The number of hydrogen-bond acceptors (Lipinski definition) is 7. The highest BCUT2D eigenvalue weighted by atomic mass is 16.6. The standard InChI is InChI=1S/C20H24O7/c1-10(2)18(22)26-15-8-20(4)16(21)7-13(27-20)11(3)6-14-17(15)12(9-24-5)19(23)25-14/h7,12,14-15,17H,1,3,6,8-9H2,2,4-5H3/t12-,14+,15-,17-,20+/m0/s1. The molecule has 0 amide bonds. The molecule has 27 heavy (non-hydrogen) atoms. The summed E-state index contributed by atoms with van der Waals surface area (Å²) in [5.74, 6) is -1.92. The van der Waals surface area contributed by atoms with Crippen molar-refractivity contribution in [3.63, 3.8) is 0 Å². The molecule has 3 aliphatic rings. The van der Waals surface area contributed by atoms with Crippen LogP contribution < -0.4 is 0 Å². The number of rotatable bonds is 4. The van der Waals surface area contributed by atoms with E-state index in [0.29, 0.717) is 11.3 Å². The normalized spacial score (nSPS) is 35.2. The Balaban J connectivity index is 2.03. The summed E-state index contributed by atoms with van der Waals surface area (Å²) < 4.78 is 22.3. The second-order valence-electron chi connectivity index (χ2n) is 7.56. The van der Waals surface area contributed by atoms with Gasteiger partial charge in [-0.3, -0.25) is 9.59 Å². The summed E-state index contributed by atoms with van der Waals surface area (Å²) in [6, 6.07) is 0. The first-order chi connectivity index (χ1) is 12.7. The molecule has 7 nitrogen and oxygen atoms in total. The van der Waals surface area contributed by atoms with Gasteiger partial charge in [0.05, 0.1) is 12.5 Å². The number of fused-ring (bicyclic) bond motifs is 3. The van der Waals surface area contributed by atoms with Gasteiger partial charge < -0.3 is 18.9 Å². The van der Waals surface area contributed by atoms with E-state index in [0.717, 1.165) is 0 Å². The van der Waals surface area contributed by atoms with Gasteiger partial charge in [-0.25, -0.2) is 4.79 Å². The molecule has 2 saturated heterocycles. The average Bonchev–Trinajstić information content (AvgIpc) is 3.05. The largest absolute Gasteiger partial charge is 0.479 e. The zero-order chi connectivity index (χ0) is 19.9. The van der Waals surface area contributed by atoms with Crippen molar-refractivity contribution in [2.75, 3.05) is 13.7 Å². The predicted octanol–water partition coefficient (Wildman–Crippen LogP) is 1.87. The van der Waals surface area contributed by atoms with E-state index in [4.69, 9.17) is 18.9 Å². The van der Waals surface area contributed by atoms with Crippen LogP contribution in [0.2, 0.25) is 0 Å². The SMILES string of the molecule is C=C(C)C(=O)O[C@H]1C[C@@]2(C)OC(=CC2=O)C(=C)C[C@H]2OC(=O)[C@@H](COC)[C@H]12. The number of carbonyl (C=O) groups is 3. The van der Waals surface area contributed by atoms with E-state index < -0.39 is 41.6 Å². The Bertz CT molecular complexity index is 749. The summed E-state index contributed by atoms with van der Waals surface area (Å²) in [6.07, 6.45) is 0.460. The monoisotopic (exact) mass is 376 g/mol. The molecule has 0 spiro atoms. The smallest absolute Gasteiger partial charge is 0.333 e. The van der Waals surface area contributed by atoms with Gasteiger partial charge in [0.1, 0.15) is 18.0 Å². The summed E-state index contributed by atoms with van der Waals surface area (Å²) in [5.41, 5.74) is -0.400. The van der Waals surface area contributed by atoms with Crippen molar-refractivity contribution in [1.82, 2.24) is 0 Å². The van der Waals surface area contributed by atoms with E-state index in [9.17, 15) is 14.4 Å². The zero-order valence-electron chi connectivity index (χ0n) is 15.8. The van der Waals surface area contributed by atoms with E-state index in [1.165, 1.54) is 13.2 Å². The minimum absolute atomic E-state index is 0.0934. The quantitative estimate of drug-likeness (QED) is 0.547. The van der Waals surface area contributed by atoms with E-state index >= 15 is 0 Å². The van der Waals surface area contributed by atoms with Crippen molar-refractivity contribution in [3.8, 4) is 0 Å². The molecule has 3 heterocycles. The highest BCUT2D eigenvalue weighted by molar-refractivity contribution is 6.00. The minimum atomic E-state index is -1.20. The van der Waals surface area contributed by atoms with Gasteiger partial charge in [0, 0.05) is 37.5 Å². The van der Waals surface area contributed by atoms with Crippen LogP contribution >= 0.6 is 0 Å². The molecule has 0 N–H and O–H groups in total. The lowest BCUT2D eigenvalue weighted by Gasteiger charge is -2.33. The molecular weight excluding hydrogens is 352 g/mol. The maximum absolute atomic E-state index is 12.5. The molecule has 2 bridgehead atoms. The van der Waals surface area contributed by atoms with Gasteiger partial charge in [-0.05, 0) is 19.4 Å². The number of esters is 2. The Labute approximate surface area is 158 Å². The Kier molecular flexibility index (Phi) is 4.99. The molecule has 3 rings (SSSR count). The molecule has 2 fully saturated rings. The molecule has 0 saturated carbocycles. The minimum Gasteiger partial charge on any atom is -0.479 e. The van der Waals surface area contributed by atoms with Crippen LogP contribution in [0, 0.1) is 11.8 Å². The van der Waals surface area contributed by atoms with Crippen LogP contribution in [0.25, 0.3) is 0 Å². The van der Waals surface area contributed by atoms with Gasteiger partial charge in [-0.2, -0.15) is 0 Å². The first kappa shape index (κ1) is 19.4. The highest BCUT2D eigenvalue weighted by Crippen LogP contribution is 2.44. The van der Waals surface area contributed by atoms with Crippen LogP contribution in [0.15, 0.2) is 36.1 Å². The molecule has 0 aliphatic carbocycles. The Morgan fingerprint density at radius 3 is 2.74 bits per heavy atom. The van der Waals surface area contributed by atoms with Crippen molar-refractivity contribution in [1.29, 1.82) is 0 Å². The number of carbonyl (C=O) groups excluding carboxylic acids is 3. The predicted molar refractivity (Wildman–Crippen MR) is 94.4 cm³/mol. The van der Waals surface area contributed by atoms with Crippen molar-refractivity contribution < 1.29 is 33.3 Å². The molecule has 0 aromatic heterocycles. The van der Waals surface area contributed by atoms with Crippen molar-refractivity contribution in [2.45, 2.75) is 44.5 Å². The van der Waals surface area contributed by atoms with Crippen LogP contribution in [-0.2, 0) is 33.3 Å². The summed E-state index contributed by atoms with van der Waals surface area (Å²) in [6.45, 7) is 10.9. The molecule has 5 atom stereocenters. The van der Waals surface area contributed by atoms with Crippen LogP contribution in [0.1, 0.15) is 26.7 Å². The number of methoxy groups -OCH3 is 1. The maximum Gasteiger partial charge on any atom is 0.333 e. The first-order valence-electron chi connectivity index (χ1n) is 8.85. The van der Waals surface area contributed by atoms with E-state index in [-0.39, 0.29) is 30.8 Å². The molecule has 0 unspecified atom stereocenters. The molecule has 0 radical (unpaired) electrons. The van der Waals surface area contributed by atoms with Crippen LogP contribution in [-0.4, -0.2) is 49.2 Å². The molecular formula is C20H24O7. The molecule has 0 aromatic carbocycles. The van der Waals surface area contributed by atoms with Gasteiger partial charge in [0.25, 0.3) is 0 Å². The Hall–Kier alpha value is -2.41. The number of ketones is 1. The second-order valence-corrected chi connectivity index (χ2v) is 7.56. The molecule has 146 valence electrons.